The summed E-state index contributed by atoms with van der Waals surface area (Å²) in [4.78, 5) is 10.7. The average Bonchev–Trinajstić information content (AvgIpc) is 2.01. The Balaban J connectivity index is 3.07. The van der Waals surface area contributed by atoms with Crippen molar-refractivity contribution in [3.8, 4) is 0 Å². The van der Waals surface area contributed by atoms with Crippen LogP contribution in [-0.4, -0.2) is 10.9 Å². The van der Waals surface area contributed by atoms with Crippen LogP contribution in [0.5, 0.6) is 0 Å². The summed E-state index contributed by atoms with van der Waals surface area (Å²) in [5.74, 6) is -2.17. The Kier molecular flexibility index (Phi) is 2.72. The molecular formula is C9H8F2O2. The molecule has 0 spiro atoms. The minimum absolute atomic E-state index is 0.0648. The maximum Gasteiger partial charge on any atom is 0.162 e. The Labute approximate surface area is 73.8 Å². The first kappa shape index (κ1) is 9.80. The van der Waals surface area contributed by atoms with E-state index in [9.17, 15) is 13.6 Å². The van der Waals surface area contributed by atoms with Crippen LogP contribution >= 0.6 is 0 Å². The molecule has 0 amide bonds. The van der Waals surface area contributed by atoms with E-state index < -0.39 is 23.5 Å². The van der Waals surface area contributed by atoms with Gasteiger partial charge in [-0.2, -0.15) is 0 Å². The zero-order valence-electron chi connectivity index (χ0n) is 6.92. The van der Waals surface area contributed by atoms with Crippen molar-refractivity contribution in [2.75, 3.05) is 0 Å². The molecule has 0 aliphatic heterocycles. The largest absolute Gasteiger partial charge is 0.381 e. The van der Waals surface area contributed by atoms with E-state index in [-0.39, 0.29) is 5.56 Å². The van der Waals surface area contributed by atoms with E-state index in [4.69, 9.17) is 5.11 Å². The van der Waals surface area contributed by atoms with E-state index in [1.54, 1.807) is 0 Å². The van der Waals surface area contributed by atoms with E-state index >= 15 is 0 Å². The fourth-order valence-electron chi connectivity index (χ4n) is 0.968. The number of hydrogen-bond donors (Lipinski definition) is 1. The van der Waals surface area contributed by atoms with Gasteiger partial charge in [-0.15, -0.1) is 0 Å². The quantitative estimate of drug-likeness (QED) is 0.761. The molecule has 0 fully saturated rings. The topological polar surface area (TPSA) is 37.3 Å². The highest BCUT2D eigenvalue weighted by Gasteiger charge is 2.14. The molecule has 0 unspecified atom stereocenters. The van der Waals surface area contributed by atoms with Crippen molar-refractivity contribution in [1.29, 1.82) is 0 Å². The van der Waals surface area contributed by atoms with Crippen molar-refractivity contribution in [3.63, 3.8) is 0 Å². The van der Waals surface area contributed by atoms with Gasteiger partial charge in [-0.25, -0.2) is 8.78 Å². The van der Waals surface area contributed by atoms with Crippen molar-refractivity contribution < 1.29 is 18.7 Å². The summed E-state index contributed by atoms with van der Waals surface area (Å²) >= 11 is 0. The highest BCUT2D eigenvalue weighted by Crippen LogP contribution is 2.16. The molecular weight excluding hydrogens is 178 g/mol. The number of halogens is 2. The van der Waals surface area contributed by atoms with Crippen LogP contribution in [-0.2, 0) is 4.79 Å². The molecule has 4 heteroatoms. The van der Waals surface area contributed by atoms with E-state index in [2.05, 4.69) is 0 Å². The van der Waals surface area contributed by atoms with Gasteiger partial charge < -0.3 is 5.11 Å². The van der Waals surface area contributed by atoms with E-state index in [1.165, 1.54) is 0 Å². The fraction of sp³-hybridized carbons (Fsp3) is 0.222. The zero-order valence-corrected chi connectivity index (χ0v) is 6.92. The molecule has 1 atom stereocenters. The number of benzene rings is 1. The summed E-state index contributed by atoms with van der Waals surface area (Å²) in [5, 5.41) is 9.16. The van der Waals surface area contributed by atoms with Gasteiger partial charge in [0.25, 0.3) is 0 Å². The summed E-state index contributed by atoms with van der Waals surface area (Å²) in [7, 11) is 0. The number of ketones is 1. The predicted molar refractivity (Wildman–Crippen MR) is 42.0 cm³/mol. The van der Waals surface area contributed by atoms with Crippen molar-refractivity contribution in [1.82, 2.24) is 0 Å². The van der Waals surface area contributed by atoms with Crippen LogP contribution in [0.25, 0.3) is 0 Å². The van der Waals surface area contributed by atoms with Gasteiger partial charge in [0.15, 0.2) is 5.78 Å². The molecule has 2 nitrogen and oxygen atoms in total. The minimum Gasteiger partial charge on any atom is -0.381 e. The molecule has 1 rings (SSSR count). The monoisotopic (exact) mass is 186 g/mol. The second-order valence-electron chi connectivity index (χ2n) is 2.72. The van der Waals surface area contributed by atoms with Crippen molar-refractivity contribution in [2.24, 2.45) is 0 Å². The van der Waals surface area contributed by atoms with Crippen molar-refractivity contribution >= 4 is 5.78 Å². The van der Waals surface area contributed by atoms with Crippen molar-refractivity contribution in [3.05, 3.63) is 35.4 Å². The van der Waals surface area contributed by atoms with Gasteiger partial charge >= 0.3 is 0 Å². The molecule has 0 heterocycles. The molecule has 0 radical (unpaired) electrons. The lowest BCUT2D eigenvalue weighted by Gasteiger charge is -2.06. The second-order valence-corrected chi connectivity index (χ2v) is 2.72. The lowest BCUT2D eigenvalue weighted by Crippen LogP contribution is -2.08. The van der Waals surface area contributed by atoms with Gasteiger partial charge in [0, 0.05) is 6.07 Å². The lowest BCUT2D eigenvalue weighted by atomic mass is 10.1. The van der Waals surface area contributed by atoms with Crippen LogP contribution in [0.15, 0.2) is 18.2 Å². The third kappa shape index (κ3) is 2.32. The summed E-state index contributed by atoms with van der Waals surface area (Å²) in [6.45, 7) is 1.15. The van der Waals surface area contributed by atoms with Gasteiger partial charge in [-0.3, -0.25) is 4.79 Å². The second kappa shape index (κ2) is 3.62. The normalized spacial score (nSPS) is 12.6. The Morgan fingerprint density at radius 2 is 1.77 bits per heavy atom. The summed E-state index contributed by atoms with van der Waals surface area (Å²) in [6, 6.07) is 2.53. The molecule has 70 valence electrons. The van der Waals surface area contributed by atoms with Gasteiger partial charge in [-0.1, -0.05) is 0 Å². The molecule has 0 aromatic heterocycles. The van der Waals surface area contributed by atoms with E-state index in [0.717, 1.165) is 19.1 Å². The zero-order chi connectivity index (χ0) is 10.0. The van der Waals surface area contributed by atoms with Gasteiger partial charge in [0.2, 0.25) is 0 Å². The van der Waals surface area contributed by atoms with E-state index in [0.29, 0.717) is 6.07 Å². The van der Waals surface area contributed by atoms with Crippen LogP contribution in [0.4, 0.5) is 8.78 Å². The maximum absolute atomic E-state index is 12.6. The number of aliphatic hydroxyl groups excluding tert-OH is 1. The maximum atomic E-state index is 12.6. The first-order chi connectivity index (χ1) is 6.00. The molecule has 1 aromatic carbocycles. The molecule has 0 saturated carbocycles. The van der Waals surface area contributed by atoms with Crippen LogP contribution < -0.4 is 0 Å². The highest BCUT2D eigenvalue weighted by molar-refractivity contribution is 5.81. The van der Waals surface area contributed by atoms with Gasteiger partial charge in [-0.05, 0) is 24.6 Å². The number of carbonyl (C=O) groups excluding carboxylic acids is 1. The van der Waals surface area contributed by atoms with E-state index in [1.807, 2.05) is 0 Å². The molecule has 1 aromatic rings. The Morgan fingerprint density at radius 1 is 1.31 bits per heavy atom. The highest BCUT2D eigenvalue weighted by atomic mass is 19.1. The molecule has 0 aliphatic rings. The van der Waals surface area contributed by atoms with Crippen LogP contribution in [0.2, 0.25) is 0 Å². The first-order valence-corrected chi connectivity index (χ1v) is 3.65. The molecule has 0 saturated heterocycles. The first-order valence-electron chi connectivity index (χ1n) is 3.65. The molecule has 13 heavy (non-hydrogen) atoms. The fourth-order valence-corrected chi connectivity index (χ4v) is 0.968. The molecule has 0 bridgehead atoms. The molecule has 0 aliphatic carbocycles. The number of rotatable bonds is 2. The van der Waals surface area contributed by atoms with Gasteiger partial charge in [0.1, 0.15) is 17.7 Å². The standard InChI is InChI=1S/C9H8F2O2/c1-5(12)9(13)6-2-7(10)4-8(11)3-6/h2-4,9,13H,1H3/t9-/m1/s1. The number of carbonyl (C=O) groups is 1. The number of Topliss-reactive ketones (excluding diaryl/α,β-unsaturated/α-hetero) is 1. The number of hydrogen-bond acceptors (Lipinski definition) is 2. The third-order valence-electron chi connectivity index (χ3n) is 1.59. The lowest BCUT2D eigenvalue weighted by molar-refractivity contribution is -0.125. The summed E-state index contributed by atoms with van der Waals surface area (Å²) in [6.07, 6.45) is -1.45. The smallest absolute Gasteiger partial charge is 0.162 e. The molecule has 1 N–H and O–H groups in total. The SMILES string of the molecule is CC(=O)[C@@H](O)c1cc(F)cc(F)c1. The van der Waals surface area contributed by atoms with Crippen LogP contribution in [0.1, 0.15) is 18.6 Å². The minimum atomic E-state index is -1.45. The van der Waals surface area contributed by atoms with Crippen LogP contribution in [0, 0.1) is 11.6 Å². The summed E-state index contributed by atoms with van der Waals surface area (Å²) in [5.41, 5.74) is -0.0648. The van der Waals surface area contributed by atoms with Crippen LogP contribution in [0.3, 0.4) is 0 Å². The Bertz CT molecular complexity index is 316. The average molecular weight is 186 g/mol. The van der Waals surface area contributed by atoms with Gasteiger partial charge in [0.05, 0.1) is 0 Å². The third-order valence-corrected chi connectivity index (χ3v) is 1.59. The predicted octanol–water partition coefficient (Wildman–Crippen LogP) is 1.59. The number of aliphatic hydroxyl groups is 1. The van der Waals surface area contributed by atoms with Crippen molar-refractivity contribution in [2.45, 2.75) is 13.0 Å². The Morgan fingerprint density at radius 3 is 2.15 bits per heavy atom. The summed E-state index contributed by atoms with van der Waals surface area (Å²) < 4.78 is 25.2. The Hall–Kier alpha value is -1.29.